The highest BCUT2D eigenvalue weighted by molar-refractivity contribution is 6.29. The monoisotopic (exact) mass is 330 g/mol. The van der Waals surface area contributed by atoms with Crippen molar-refractivity contribution in [2.24, 2.45) is 0 Å². The highest BCUT2D eigenvalue weighted by Gasteiger charge is 2.12. The Bertz CT molecular complexity index is 974. The van der Waals surface area contributed by atoms with E-state index in [-0.39, 0.29) is 5.56 Å². The van der Waals surface area contributed by atoms with Crippen molar-refractivity contribution in [2.45, 2.75) is 33.4 Å². The smallest absolute Gasteiger partial charge is 0.276 e. The number of nitrogens with zero attached hydrogens (tertiary/aromatic N) is 6. The second-order valence-corrected chi connectivity index (χ2v) is 5.76. The van der Waals surface area contributed by atoms with Gasteiger partial charge in [-0.15, -0.1) is 0 Å². The Morgan fingerprint density at radius 2 is 2.09 bits per heavy atom. The predicted octanol–water partition coefficient (Wildman–Crippen LogP) is 1.92. The van der Waals surface area contributed by atoms with Crippen molar-refractivity contribution in [3.63, 3.8) is 0 Å². The summed E-state index contributed by atoms with van der Waals surface area (Å²) in [4.78, 5) is 12.5. The van der Waals surface area contributed by atoms with E-state index in [4.69, 9.17) is 16.9 Å². The van der Waals surface area contributed by atoms with Crippen LogP contribution >= 0.6 is 11.6 Å². The van der Waals surface area contributed by atoms with E-state index >= 15 is 0 Å². The lowest BCUT2D eigenvalue weighted by Crippen LogP contribution is -2.22. The SMILES string of the molecule is Cc1cc(Cl)n(Cc2cc3c(=O)n(CCC#N)cc(C)n3n2)n1. The third kappa shape index (κ3) is 2.85. The first-order valence-corrected chi connectivity index (χ1v) is 7.53. The quantitative estimate of drug-likeness (QED) is 0.732. The van der Waals surface area contributed by atoms with Crippen LogP contribution in [0.4, 0.5) is 0 Å². The van der Waals surface area contributed by atoms with E-state index in [1.165, 1.54) is 0 Å². The van der Waals surface area contributed by atoms with Crippen molar-refractivity contribution >= 4 is 17.1 Å². The molecule has 0 aliphatic carbocycles. The molecule has 0 N–H and O–H groups in total. The predicted molar refractivity (Wildman–Crippen MR) is 85.5 cm³/mol. The summed E-state index contributed by atoms with van der Waals surface area (Å²) in [5.41, 5.74) is 2.68. The first-order valence-electron chi connectivity index (χ1n) is 7.15. The average molecular weight is 331 g/mol. The lowest BCUT2D eigenvalue weighted by molar-refractivity contribution is 0.651. The zero-order valence-electron chi connectivity index (χ0n) is 12.8. The Morgan fingerprint density at radius 1 is 1.30 bits per heavy atom. The van der Waals surface area contributed by atoms with Crippen molar-refractivity contribution < 1.29 is 0 Å². The average Bonchev–Trinajstić information content (AvgIpc) is 3.06. The molecule has 3 rings (SSSR count). The molecular weight excluding hydrogens is 316 g/mol. The van der Waals surface area contributed by atoms with Crippen LogP contribution in [0.3, 0.4) is 0 Å². The highest BCUT2D eigenvalue weighted by atomic mass is 35.5. The van der Waals surface area contributed by atoms with E-state index in [1.54, 1.807) is 32.1 Å². The van der Waals surface area contributed by atoms with Gasteiger partial charge in [0.25, 0.3) is 5.56 Å². The number of halogens is 1. The molecular formula is C15H15ClN6O. The number of fused-ring (bicyclic) bond motifs is 1. The lowest BCUT2D eigenvalue weighted by atomic mass is 10.3. The van der Waals surface area contributed by atoms with Gasteiger partial charge in [0.15, 0.2) is 0 Å². The summed E-state index contributed by atoms with van der Waals surface area (Å²) in [6, 6.07) is 5.57. The molecule has 0 radical (unpaired) electrons. The van der Waals surface area contributed by atoms with Gasteiger partial charge in [-0.25, -0.2) is 9.20 Å². The number of aryl methyl sites for hydroxylation is 3. The second kappa shape index (κ2) is 5.89. The van der Waals surface area contributed by atoms with Crippen LogP contribution < -0.4 is 5.56 Å². The molecule has 0 fully saturated rings. The van der Waals surface area contributed by atoms with Gasteiger partial charge in [0.2, 0.25) is 0 Å². The van der Waals surface area contributed by atoms with Crippen molar-refractivity contribution in [3.8, 4) is 6.07 Å². The molecule has 3 aromatic rings. The van der Waals surface area contributed by atoms with Crippen molar-refractivity contribution in [2.75, 3.05) is 0 Å². The molecule has 0 unspecified atom stereocenters. The number of nitriles is 1. The molecule has 0 amide bonds. The molecule has 0 bridgehead atoms. The fourth-order valence-electron chi connectivity index (χ4n) is 2.53. The van der Waals surface area contributed by atoms with Crippen molar-refractivity contribution in [1.29, 1.82) is 5.26 Å². The second-order valence-electron chi connectivity index (χ2n) is 5.38. The summed E-state index contributed by atoms with van der Waals surface area (Å²) in [5, 5.41) is 18.0. The largest absolute Gasteiger partial charge is 0.311 e. The minimum Gasteiger partial charge on any atom is -0.311 e. The molecule has 0 spiro atoms. The van der Waals surface area contributed by atoms with Crippen LogP contribution in [0.15, 0.2) is 23.1 Å². The number of hydrogen-bond donors (Lipinski definition) is 0. The summed E-state index contributed by atoms with van der Waals surface area (Å²) in [7, 11) is 0. The third-order valence-corrected chi connectivity index (χ3v) is 3.85. The minimum atomic E-state index is -0.160. The number of aromatic nitrogens is 5. The third-order valence-electron chi connectivity index (χ3n) is 3.55. The summed E-state index contributed by atoms with van der Waals surface area (Å²) in [6.45, 7) is 4.50. The molecule has 0 aliphatic heterocycles. The summed E-state index contributed by atoms with van der Waals surface area (Å²) >= 11 is 6.11. The zero-order chi connectivity index (χ0) is 16.6. The van der Waals surface area contributed by atoms with E-state index < -0.39 is 0 Å². The van der Waals surface area contributed by atoms with Crippen LogP contribution in [0.1, 0.15) is 23.5 Å². The van der Waals surface area contributed by atoms with Crippen molar-refractivity contribution in [1.82, 2.24) is 24.0 Å². The zero-order valence-corrected chi connectivity index (χ0v) is 13.6. The minimum absolute atomic E-state index is 0.160. The fraction of sp³-hybridized carbons (Fsp3) is 0.333. The van der Waals surface area contributed by atoms with Gasteiger partial charge in [-0.05, 0) is 26.0 Å². The molecule has 0 aromatic carbocycles. The molecule has 118 valence electrons. The van der Waals surface area contributed by atoms with E-state index in [0.29, 0.717) is 35.9 Å². The van der Waals surface area contributed by atoms with E-state index in [2.05, 4.69) is 10.2 Å². The molecule has 7 nitrogen and oxygen atoms in total. The van der Waals surface area contributed by atoms with Crippen LogP contribution in [-0.2, 0) is 13.1 Å². The van der Waals surface area contributed by atoms with Crippen LogP contribution in [0.2, 0.25) is 5.15 Å². The van der Waals surface area contributed by atoms with Gasteiger partial charge < -0.3 is 4.57 Å². The Balaban J connectivity index is 2.03. The topological polar surface area (TPSA) is 80.9 Å². The van der Waals surface area contributed by atoms with Crippen molar-refractivity contribution in [3.05, 3.63) is 50.9 Å². The molecule has 3 aromatic heterocycles. The van der Waals surface area contributed by atoms with Gasteiger partial charge in [-0.3, -0.25) is 4.79 Å². The Morgan fingerprint density at radius 3 is 2.74 bits per heavy atom. The first-order chi connectivity index (χ1) is 11.0. The maximum atomic E-state index is 12.5. The number of rotatable bonds is 4. The molecule has 0 saturated carbocycles. The molecule has 0 atom stereocenters. The molecule has 8 heteroatoms. The van der Waals surface area contributed by atoms with Crippen LogP contribution in [-0.4, -0.2) is 24.0 Å². The molecule has 0 aliphatic rings. The van der Waals surface area contributed by atoms with Gasteiger partial charge in [0.05, 0.1) is 36.1 Å². The van der Waals surface area contributed by atoms with Crippen LogP contribution in [0.25, 0.3) is 5.52 Å². The Labute approximate surface area is 137 Å². The summed E-state index contributed by atoms with van der Waals surface area (Å²) < 4.78 is 4.80. The van der Waals surface area contributed by atoms with Gasteiger partial charge in [0, 0.05) is 12.7 Å². The summed E-state index contributed by atoms with van der Waals surface area (Å²) in [6.07, 6.45) is 2.01. The van der Waals surface area contributed by atoms with Crippen LogP contribution in [0.5, 0.6) is 0 Å². The van der Waals surface area contributed by atoms with E-state index in [9.17, 15) is 4.79 Å². The normalized spacial score (nSPS) is 11.0. The maximum absolute atomic E-state index is 12.5. The molecule has 0 saturated heterocycles. The lowest BCUT2D eigenvalue weighted by Gasteiger charge is -2.06. The van der Waals surface area contributed by atoms with E-state index in [0.717, 1.165) is 11.4 Å². The Hall–Kier alpha value is -2.59. The summed E-state index contributed by atoms with van der Waals surface area (Å²) in [5.74, 6) is 0. The van der Waals surface area contributed by atoms with Crippen LogP contribution in [0, 0.1) is 25.2 Å². The molecule has 23 heavy (non-hydrogen) atoms. The van der Waals surface area contributed by atoms with E-state index in [1.807, 2.05) is 19.9 Å². The standard InChI is InChI=1S/C15H15ClN6O/c1-10-6-14(16)21(18-10)9-12-7-13-15(23)20(5-3-4-17)8-11(2)22(13)19-12/h6-8H,3,5,9H2,1-2H3. The Kier molecular flexibility index (Phi) is 3.92. The number of hydrogen-bond acceptors (Lipinski definition) is 4. The fourth-order valence-corrected chi connectivity index (χ4v) is 2.78. The van der Waals surface area contributed by atoms with Gasteiger partial charge in [-0.1, -0.05) is 11.6 Å². The molecule has 3 heterocycles. The highest BCUT2D eigenvalue weighted by Crippen LogP contribution is 2.13. The first kappa shape index (κ1) is 15.3. The van der Waals surface area contributed by atoms with Gasteiger partial charge >= 0.3 is 0 Å². The van der Waals surface area contributed by atoms with Gasteiger partial charge in [-0.2, -0.15) is 15.5 Å². The maximum Gasteiger partial charge on any atom is 0.276 e. The van der Waals surface area contributed by atoms with Gasteiger partial charge in [0.1, 0.15) is 10.7 Å².